The van der Waals surface area contributed by atoms with Gasteiger partial charge in [0.2, 0.25) is 11.8 Å². The van der Waals surface area contributed by atoms with Crippen molar-refractivity contribution in [1.82, 2.24) is 10.6 Å². The van der Waals surface area contributed by atoms with E-state index in [-0.39, 0.29) is 24.9 Å². The Morgan fingerprint density at radius 1 is 1.19 bits per heavy atom. The van der Waals surface area contributed by atoms with E-state index in [0.717, 1.165) is 19.4 Å². The zero-order valence-corrected chi connectivity index (χ0v) is 9.75. The fourth-order valence-corrected chi connectivity index (χ4v) is 0.962. The van der Waals surface area contributed by atoms with Crippen molar-refractivity contribution in [3.8, 4) is 0 Å². The summed E-state index contributed by atoms with van der Waals surface area (Å²) in [5.74, 6) is -0.543. The van der Waals surface area contributed by atoms with Crippen molar-refractivity contribution in [3.63, 3.8) is 0 Å². The Kier molecular flexibility index (Phi) is 9.64. The Labute approximate surface area is 95.9 Å². The summed E-state index contributed by atoms with van der Waals surface area (Å²) in [6, 6.07) is 0. The fraction of sp³-hybridized carbons (Fsp3) is 0.800. The number of carbonyl (C=O) groups is 2. The summed E-state index contributed by atoms with van der Waals surface area (Å²) in [5, 5.41) is 5.05. The molecule has 0 heterocycles. The number of rotatable bonds is 9. The molecule has 2 amide bonds. The van der Waals surface area contributed by atoms with E-state index in [1.807, 2.05) is 6.92 Å². The molecule has 6 nitrogen and oxygen atoms in total. The first-order chi connectivity index (χ1) is 7.70. The second-order valence-corrected chi connectivity index (χ2v) is 3.30. The van der Waals surface area contributed by atoms with Crippen LogP contribution < -0.4 is 16.4 Å². The topological polar surface area (TPSA) is 93.5 Å². The first-order valence-corrected chi connectivity index (χ1v) is 5.52. The van der Waals surface area contributed by atoms with Crippen LogP contribution in [-0.4, -0.2) is 44.7 Å². The molecular weight excluding hydrogens is 210 g/mol. The average molecular weight is 231 g/mol. The van der Waals surface area contributed by atoms with Crippen molar-refractivity contribution < 1.29 is 14.3 Å². The Bertz CT molecular complexity index is 209. The average Bonchev–Trinajstić information content (AvgIpc) is 2.30. The number of hydrogen-bond donors (Lipinski definition) is 3. The molecule has 0 aliphatic heterocycles. The van der Waals surface area contributed by atoms with Crippen LogP contribution in [0.4, 0.5) is 0 Å². The molecule has 0 aliphatic rings. The first-order valence-electron chi connectivity index (χ1n) is 5.52. The van der Waals surface area contributed by atoms with E-state index in [9.17, 15) is 9.59 Å². The normalized spacial score (nSPS) is 9.88. The van der Waals surface area contributed by atoms with Gasteiger partial charge in [-0.2, -0.15) is 0 Å². The molecule has 4 N–H and O–H groups in total. The van der Waals surface area contributed by atoms with Gasteiger partial charge in [-0.15, -0.1) is 0 Å². The summed E-state index contributed by atoms with van der Waals surface area (Å²) in [7, 11) is 0. The lowest BCUT2D eigenvalue weighted by molar-refractivity contribution is -0.125. The van der Waals surface area contributed by atoms with E-state index in [4.69, 9.17) is 10.5 Å². The van der Waals surface area contributed by atoms with E-state index in [1.54, 1.807) is 0 Å². The van der Waals surface area contributed by atoms with Gasteiger partial charge in [-0.25, -0.2) is 0 Å². The number of ether oxygens (including phenoxy) is 1. The Morgan fingerprint density at radius 3 is 2.56 bits per heavy atom. The predicted molar refractivity (Wildman–Crippen MR) is 60.8 cm³/mol. The van der Waals surface area contributed by atoms with Crippen molar-refractivity contribution >= 4 is 11.8 Å². The van der Waals surface area contributed by atoms with Crippen molar-refractivity contribution in [2.24, 2.45) is 5.73 Å². The van der Waals surface area contributed by atoms with Gasteiger partial charge in [0.05, 0.1) is 13.1 Å². The van der Waals surface area contributed by atoms with Gasteiger partial charge in [-0.3, -0.25) is 9.59 Å². The zero-order valence-electron chi connectivity index (χ0n) is 9.75. The fourth-order valence-electron chi connectivity index (χ4n) is 0.962. The lowest BCUT2D eigenvalue weighted by Crippen LogP contribution is -2.39. The van der Waals surface area contributed by atoms with Gasteiger partial charge in [0.1, 0.15) is 0 Å². The predicted octanol–water partition coefficient (Wildman–Crippen LogP) is -1.01. The van der Waals surface area contributed by atoms with Crippen LogP contribution in [0.2, 0.25) is 0 Å². The smallest absolute Gasteiger partial charge is 0.239 e. The molecule has 0 saturated carbocycles. The van der Waals surface area contributed by atoms with Crippen molar-refractivity contribution in [3.05, 3.63) is 0 Å². The number of hydrogen-bond acceptors (Lipinski definition) is 4. The minimum absolute atomic E-state index is 0.0220. The molecule has 16 heavy (non-hydrogen) atoms. The maximum absolute atomic E-state index is 11.1. The third-order valence-corrected chi connectivity index (χ3v) is 1.77. The first kappa shape index (κ1) is 14.9. The van der Waals surface area contributed by atoms with Crippen molar-refractivity contribution in [1.29, 1.82) is 0 Å². The molecule has 0 aromatic carbocycles. The van der Waals surface area contributed by atoms with Gasteiger partial charge < -0.3 is 21.1 Å². The standard InChI is InChI=1S/C10H21N3O3/c1-2-5-16-6-3-4-12-10(15)8-13-9(14)7-11/h2-8,11H2,1H3,(H,12,15)(H,13,14). The van der Waals surface area contributed by atoms with Gasteiger partial charge >= 0.3 is 0 Å². The van der Waals surface area contributed by atoms with Crippen LogP contribution in [0.15, 0.2) is 0 Å². The maximum atomic E-state index is 11.1. The second kappa shape index (κ2) is 10.4. The molecule has 0 aromatic rings. The van der Waals surface area contributed by atoms with Gasteiger partial charge in [-0.1, -0.05) is 6.92 Å². The van der Waals surface area contributed by atoms with E-state index >= 15 is 0 Å². The molecule has 0 bridgehead atoms. The van der Waals surface area contributed by atoms with Gasteiger partial charge in [-0.05, 0) is 12.8 Å². The summed E-state index contributed by atoms with van der Waals surface area (Å²) in [4.78, 5) is 21.9. The number of carbonyl (C=O) groups excluding carboxylic acids is 2. The molecule has 0 spiro atoms. The molecule has 0 atom stereocenters. The van der Waals surface area contributed by atoms with Crippen molar-refractivity contribution in [2.45, 2.75) is 19.8 Å². The molecule has 0 fully saturated rings. The van der Waals surface area contributed by atoms with Gasteiger partial charge in [0.25, 0.3) is 0 Å². The third kappa shape index (κ3) is 9.42. The molecule has 0 radical (unpaired) electrons. The molecule has 0 saturated heterocycles. The minimum Gasteiger partial charge on any atom is -0.381 e. The zero-order chi connectivity index (χ0) is 12.2. The van der Waals surface area contributed by atoms with Gasteiger partial charge in [0, 0.05) is 19.8 Å². The monoisotopic (exact) mass is 231 g/mol. The second-order valence-electron chi connectivity index (χ2n) is 3.30. The summed E-state index contributed by atoms with van der Waals surface area (Å²) < 4.78 is 5.24. The van der Waals surface area contributed by atoms with Crippen LogP contribution in [0, 0.1) is 0 Å². The van der Waals surface area contributed by atoms with Crippen LogP contribution in [-0.2, 0) is 14.3 Å². The quantitative estimate of drug-likeness (QED) is 0.443. The molecule has 94 valence electrons. The van der Waals surface area contributed by atoms with E-state index in [1.165, 1.54) is 0 Å². The van der Waals surface area contributed by atoms with Crippen LogP contribution in [0.5, 0.6) is 0 Å². The molecule has 6 heteroatoms. The SMILES string of the molecule is CCCOCCCNC(=O)CNC(=O)CN. The highest BCUT2D eigenvalue weighted by atomic mass is 16.5. The number of amides is 2. The van der Waals surface area contributed by atoms with E-state index < -0.39 is 0 Å². The number of nitrogens with one attached hydrogen (secondary N) is 2. The largest absolute Gasteiger partial charge is 0.381 e. The molecule has 0 unspecified atom stereocenters. The lowest BCUT2D eigenvalue weighted by Gasteiger charge is -2.06. The highest BCUT2D eigenvalue weighted by Gasteiger charge is 2.02. The lowest BCUT2D eigenvalue weighted by atomic mass is 10.4. The number of nitrogens with two attached hydrogens (primary N) is 1. The summed E-state index contributed by atoms with van der Waals surface area (Å²) in [6.07, 6.45) is 1.77. The summed E-state index contributed by atoms with van der Waals surface area (Å²) >= 11 is 0. The van der Waals surface area contributed by atoms with Crippen LogP contribution >= 0.6 is 0 Å². The summed E-state index contributed by atoms with van der Waals surface area (Å²) in [5.41, 5.74) is 5.07. The van der Waals surface area contributed by atoms with Crippen LogP contribution in [0.1, 0.15) is 19.8 Å². The maximum Gasteiger partial charge on any atom is 0.239 e. The molecule has 0 aromatic heterocycles. The summed E-state index contributed by atoms with van der Waals surface area (Å²) in [6.45, 7) is 3.87. The van der Waals surface area contributed by atoms with Crippen LogP contribution in [0.25, 0.3) is 0 Å². The van der Waals surface area contributed by atoms with Gasteiger partial charge in [0.15, 0.2) is 0 Å². The van der Waals surface area contributed by atoms with E-state index in [0.29, 0.717) is 13.2 Å². The molecule has 0 rings (SSSR count). The van der Waals surface area contributed by atoms with Crippen molar-refractivity contribution in [2.75, 3.05) is 32.8 Å². The molecular formula is C10H21N3O3. The van der Waals surface area contributed by atoms with Crippen LogP contribution in [0.3, 0.4) is 0 Å². The Hall–Kier alpha value is -1.14. The third-order valence-electron chi connectivity index (χ3n) is 1.77. The minimum atomic E-state index is -0.332. The highest BCUT2D eigenvalue weighted by molar-refractivity contribution is 5.85. The molecule has 0 aliphatic carbocycles. The Morgan fingerprint density at radius 2 is 1.94 bits per heavy atom. The highest BCUT2D eigenvalue weighted by Crippen LogP contribution is 1.83. The Balaban J connectivity index is 3.27. The van der Waals surface area contributed by atoms with E-state index in [2.05, 4.69) is 10.6 Å².